The van der Waals surface area contributed by atoms with Gasteiger partial charge in [-0.25, -0.2) is 4.39 Å². The smallest absolute Gasteiger partial charge is 0.293 e. The van der Waals surface area contributed by atoms with Gasteiger partial charge in [0.2, 0.25) is 5.91 Å². The topological polar surface area (TPSA) is 84.9 Å². The highest BCUT2D eigenvalue weighted by molar-refractivity contribution is 8.18. The average molecular weight is 491 g/mol. The van der Waals surface area contributed by atoms with Crippen molar-refractivity contribution in [3.05, 3.63) is 63.3 Å². The van der Waals surface area contributed by atoms with E-state index in [1.54, 1.807) is 24.3 Å². The van der Waals surface area contributed by atoms with E-state index in [9.17, 15) is 18.8 Å². The number of rotatable bonds is 6. The van der Waals surface area contributed by atoms with Crippen LogP contribution < -0.4 is 14.8 Å². The first kappa shape index (κ1) is 23.1. The number of ether oxygens (including phenoxy) is 2. The number of thioether (sulfide) groups is 1. The van der Waals surface area contributed by atoms with E-state index in [1.165, 1.54) is 18.2 Å². The lowest BCUT2D eigenvalue weighted by atomic mass is 10.1. The van der Waals surface area contributed by atoms with Crippen molar-refractivity contribution < 1.29 is 28.2 Å². The predicted molar refractivity (Wildman–Crippen MR) is 123 cm³/mol. The average Bonchev–Trinajstić information content (AvgIpc) is 2.94. The van der Waals surface area contributed by atoms with E-state index < -0.39 is 17.0 Å². The molecule has 0 bridgehead atoms. The van der Waals surface area contributed by atoms with Crippen molar-refractivity contribution in [2.24, 2.45) is 0 Å². The molecule has 33 heavy (non-hydrogen) atoms. The summed E-state index contributed by atoms with van der Waals surface area (Å²) in [6.07, 6.45) is 2.14. The number of amides is 3. The minimum atomic E-state index is -0.516. The van der Waals surface area contributed by atoms with E-state index in [4.69, 9.17) is 21.1 Å². The van der Waals surface area contributed by atoms with E-state index in [2.05, 4.69) is 5.32 Å². The number of hydrogen-bond donors (Lipinski definition) is 1. The van der Waals surface area contributed by atoms with Crippen molar-refractivity contribution in [2.45, 2.75) is 12.8 Å². The van der Waals surface area contributed by atoms with Crippen LogP contribution in [0.25, 0.3) is 6.08 Å². The van der Waals surface area contributed by atoms with Crippen LogP contribution in [0.1, 0.15) is 17.5 Å². The second-order valence-corrected chi connectivity index (χ2v) is 8.74. The molecular formula is C23H20ClFN2O5S. The number of nitrogens with one attached hydrogen (secondary N) is 1. The van der Waals surface area contributed by atoms with Crippen molar-refractivity contribution in [1.82, 2.24) is 10.2 Å². The number of halogens is 2. The van der Waals surface area contributed by atoms with Crippen LogP contribution in [0.4, 0.5) is 9.18 Å². The zero-order chi connectivity index (χ0) is 23.4. The van der Waals surface area contributed by atoms with Crippen molar-refractivity contribution in [2.75, 3.05) is 26.3 Å². The lowest BCUT2D eigenvalue weighted by Gasteiger charge is -2.14. The highest BCUT2D eigenvalue weighted by Gasteiger charge is 2.34. The molecule has 0 atom stereocenters. The summed E-state index contributed by atoms with van der Waals surface area (Å²) in [6.45, 7) is 1.10. The Balaban J connectivity index is 1.32. The van der Waals surface area contributed by atoms with Gasteiger partial charge < -0.3 is 14.8 Å². The molecule has 0 unspecified atom stereocenters. The number of fused-ring (bicyclic) bond motifs is 1. The molecule has 7 nitrogen and oxygen atoms in total. The maximum absolute atomic E-state index is 13.8. The van der Waals surface area contributed by atoms with Gasteiger partial charge in [0.05, 0.1) is 29.6 Å². The Hall–Kier alpha value is -3.04. The summed E-state index contributed by atoms with van der Waals surface area (Å²) in [4.78, 5) is 38.3. The molecule has 10 heteroatoms. The molecule has 2 aromatic carbocycles. The van der Waals surface area contributed by atoms with Crippen molar-refractivity contribution in [3.63, 3.8) is 0 Å². The molecule has 0 aliphatic carbocycles. The molecule has 1 N–H and O–H groups in total. The van der Waals surface area contributed by atoms with Gasteiger partial charge >= 0.3 is 0 Å². The molecule has 2 aliphatic heterocycles. The van der Waals surface area contributed by atoms with E-state index in [0.717, 1.165) is 23.1 Å². The standard InChI is InChI=1S/C23H20ClFN2O5S/c24-16-10-14(11-18-21(16)32-9-3-8-31-18)12-20(28)26-6-7-27-22(29)19(33-23(27)30)13-15-4-1-2-5-17(15)25/h1-2,4-5,10-11,13H,3,6-9,12H2,(H,26,28)/b19-13-. The molecule has 0 aromatic heterocycles. The molecule has 0 radical (unpaired) electrons. The Kier molecular flexibility index (Phi) is 7.20. The number of hydrogen-bond acceptors (Lipinski definition) is 6. The van der Waals surface area contributed by atoms with Crippen LogP contribution in [-0.2, 0) is 16.0 Å². The third-order valence-corrected chi connectivity index (χ3v) is 6.14. The maximum atomic E-state index is 13.8. The molecule has 4 rings (SSSR count). The predicted octanol–water partition coefficient (Wildman–Crippen LogP) is 4.04. The van der Waals surface area contributed by atoms with Crippen LogP contribution >= 0.6 is 23.4 Å². The van der Waals surface area contributed by atoms with Gasteiger partial charge in [0.1, 0.15) is 5.82 Å². The Bertz CT molecular complexity index is 1140. The number of carbonyl (C=O) groups is 3. The highest BCUT2D eigenvalue weighted by atomic mass is 35.5. The van der Waals surface area contributed by atoms with Gasteiger partial charge in [-0.15, -0.1) is 0 Å². The minimum absolute atomic E-state index is 0.00686. The first-order valence-corrected chi connectivity index (χ1v) is 11.5. The fourth-order valence-corrected chi connectivity index (χ4v) is 4.51. The molecular weight excluding hydrogens is 471 g/mol. The first-order chi connectivity index (χ1) is 15.9. The molecule has 172 valence electrons. The van der Waals surface area contributed by atoms with E-state index in [0.29, 0.717) is 35.3 Å². The van der Waals surface area contributed by atoms with Gasteiger partial charge in [-0.2, -0.15) is 0 Å². The molecule has 0 spiro atoms. The van der Waals surface area contributed by atoms with E-state index >= 15 is 0 Å². The zero-order valence-corrected chi connectivity index (χ0v) is 19.0. The summed E-state index contributed by atoms with van der Waals surface area (Å²) >= 11 is 7.00. The number of imide groups is 1. The fraction of sp³-hybridized carbons (Fsp3) is 0.261. The molecule has 1 saturated heterocycles. The molecule has 3 amide bonds. The lowest BCUT2D eigenvalue weighted by Crippen LogP contribution is -2.37. The fourth-order valence-electron chi connectivity index (χ4n) is 3.37. The monoisotopic (exact) mass is 490 g/mol. The van der Waals surface area contributed by atoms with Gasteiger partial charge in [0, 0.05) is 25.1 Å². The summed E-state index contributed by atoms with van der Waals surface area (Å²) in [5, 5.41) is 2.60. The van der Waals surface area contributed by atoms with E-state index in [-0.39, 0.29) is 35.9 Å². The van der Waals surface area contributed by atoms with Crippen LogP contribution in [0, 0.1) is 5.82 Å². The Morgan fingerprint density at radius 1 is 1.21 bits per heavy atom. The largest absolute Gasteiger partial charge is 0.489 e. The van der Waals surface area contributed by atoms with Gasteiger partial charge in [0.25, 0.3) is 11.1 Å². The van der Waals surface area contributed by atoms with Gasteiger partial charge in [-0.05, 0) is 41.6 Å². The summed E-state index contributed by atoms with van der Waals surface area (Å²) < 4.78 is 25.0. The third kappa shape index (κ3) is 5.48. The molecule has 0 saturated carbocycles. The van der Waals surface area contributed by atoms with Gasteiger partial charge in [-0.3, -0.25) is 19.3 Å². The summed E-state index contributed by atoms with van der Waals surface area (Å²) in [7, 11) is 0. The Morgan fingerprint density at radius 3 is 2.82 bits per heavy atom. The maximum Gasteiger partial charge on any atom is 0.293 e. The third-order valence-electron chi connectivity index (χ3n) is 4.95. The quantitative estimate of drug-likeness (QED) is 0.615. The zero-order valence-electron chi connectivity index (χ0n) is 17.4. The SMILES string of the molecule is O=C(Cc1cc(Cl)c2c(c1)OCCCO2)NCCN1C(=O)S/C(=C\c2ccccc2F)C1=O. The summed E-state index contributed by atoms with van der Waals surface area (Å²) in [5.74, 6) is -0.318. The van der Waals surface area contributed by atoms with Crippen LogP contribution in [0.15, 0.2) is 41.3 Å². The van der Waals surface area contributed by atoms with Gasteiger partial charge in [0.15, 0.2) is 11.5 Å². The van der Waals surface area contributed by atoms with Gasteiger partial charge in [-0.1, -0.05) is 29.8 Å². The Morgan fingerprint density at radius 2 is 2.00 bits per heavy atom. The van der Waals surface area contributed by atoms with Crippen molar-refractivity contribution in [3.8, 4) is 11.5 Å². The van der Waals surface area contributed by atoms with Crippen molar-refractivity contribution >= 4 is 46.5 Å². The number of carbonyl (C=O) groups excluding carboxylic acids is 3. The minimum Gasteiger partial charge on any atom is -0.489 e. The molecule has 2 aliphatic rings. The molecule has 2 heterocycles. The number of benzene rings is 2. The summed E-state index contributed by atoms with van der Waals surface area (Å²) in [6, 6.07) is 9.36. The second-order valence-electron chi connectivity index (χ2n) is 7.34. The van der Waals surface area contributed by atoms with Crippen molar-refractivity contribution in [1.29, 1.82) is 0 Å². The van der Waals surface area contributed by atoms with Crippen LogP contribution in [0.5, 0.6) is 11.5 Å². The Labute approximate surface area is 198 Å². The molecule has 1 fully saturated rings. The first-order valence-electron chi connectivity index (χ1n) is 10.3. The second kappa shape index (κ2) is 10.3. The lowest BCUT2D eigenvalue weighted by molar-refractivity contribution is -0.124. The highest BCUT2D eigenvalue weighted by Crippen LogP contribution is 2.38. The van der Waals surface area contributed by atoms with Crippen LogP contribution in [0.3, 0.4) is 0 Å². The normalized spacial score (nSPS) is 16.8. The summed E-state index contributed by atoms with van der Waals surface area (Å²) in [5.41, 5.74) is 0.880. The molecule has 2 aromatic rings. The van der Waals surface area contributed by atoms with E-state index in [1.807, 2.05) is 0 Å². The van der Waals surface area contributed by atoms with Crippen LogP contribution in [0.2, 0.25) is 5.02 Å². The number of nitrogens with zero attached hydrogens (tertiary/aromatic N) is 1. The van der Waals surface area contributed by atoms with Crippen LogP contribution in [-0.4, -0.2) is 48.3 Å².